The Morgan fingerprint density at radius 3 is 2.13 bits per heavy atom. The largest absolute Gasteiger partial charge is 0.377 e. The second kappa shape index (κ2) is 11.5. The number of halogens is 3. The highest BCUT2D eigenvalue weighted by atomic mass is 35.5. The standard InChI is InChI=1S/C28H17Cl3N2O4S2/c29-19-11-13-23(14-12-19)39(35,36)37-26-18(15-20(30)17-24(26)31)16-25-27(34)33(22-9-5-2-6-10-22)28(38-25)32-21-7-3-1-4-8-21/h1-17H/b25-16+,32-28?. The van der Waals surface area contributed by atoms with Gasteiger partial charge in [0.05, 0.1) is 21.3 Å². The molecule has 0 aliphatic carbocycles. The van der Waals surface area contributed by atoms with Gasteiger partial charge in [-0.2, -0.15) is 8.42 Å². The minimum absolute atomic E-state index is 0.0413. The molecular formula is C28H17Cl3N2O4S2. The Balaban J connectivity index is 1.58. The van der Waals surface area contributed by atoms with Crippen LogP contribution >= 0.6 is 46.6 Å². The number of amidine groups is 1. The summed E-state index contributed by atoms with van der Waals surface area (Å²) in [6.07, 6.45) is 1.49. The summed E-state index contributed by atoms with van der Waals surface area (Å²) in [6.45, 7) is 0. The van der Waals surface area contributed by atoms with Crippen molar-refractivity contribution < 1.29 is 17.4 Å². The molecule has 6 nitrogen and oxygen atoms in total. The first-order valence-electron chi connectivity index (χ1n) is 11.3. The van der Waals surface area contributed by atoms with Crippen LogP contribution < -0.4 is 9.08 Å². The molecule has 0 unspecified atom stereocenters. The number of amides is 1. The van der Waals surface area contributed by atoms with Gasteiger partial charge in [-0.15, -0.1) is 0 Å². The van der Waals surface area contributed by atoms with Gasteiger partial charge in [-0.25, -0.2) is 4.99 Å². The first-order valence-corrected chi connectivity index (χ1v) is 14.7. The number of rotatable bonds is 6. The Labute approximate surface area is 244 Å². The maximum Gasteiger partial charge on any atom is 0.339 e. The number of hydrogen-bond acceptors (Lipinski definition) is 6. The number of benzene rings is 4. The molecule has 4 aromatic carbocycles. The highest BCUT2D eigenvalue weighted by Crippen LogP contribution is 2.41. The van der Waals surface area contributed by atoms with Crippen LogP contribution in [0.15, 0.2) is 112 Å². The first kappa shape index (κ1) is 27.3. The molecular weight excluding hydrogens is 599 g/mol. The topological polar surface area (TPSA) is 76.0 Å². The van der Waals surface area contributed by atoms with E-state index < -0.39 is 10.1 Å². The van der Waals surface area contributed by atoms with Gasteiger partial charge in [0, 0.05) is 15.6 Å². The molecule has 0 saturated carbocycles. The van der Waals surface area contributed by atoms with E-state index in [1.807, 2.05) is 48.5 Å². The van der Waals surface area contributed by atoms with Gasteiger partial charge in [-0.05, 0) is 78.5 Å². The molecule has 1 aliphatic heterocycles. The van der Waals surface area contributed by atoms with Crippen LogP contribution in [-0.2, 0) is 14.9 Å². The van der Waals surface area contributed by atoms with Crippen molar-refractivity contribution in [3.8, 4) is 5.75 Å². The normalized spacial score (nSPS) is 15.8. The molecule has 0 aromatic heterocycles. The fourth-order valence-corrected chi connectivity index (χ4v) is 6.32. The zero-order valence-electron chi connectivity index (χ0n) is 19.8. The zero-order chi connectivity index (χ0) is 27.6. The van der Waals surface area contributed by atoms with Crippen molar-refractivity contribution in [2.24, 2.45) is 4.99 Å². The SMILES string of the molecule is O=C1/C(=C\c2cc(Cl)cc(Cl)c2OS(=O)(=O)c2ccc(Cl)cc2)SC(=Nc2ccccc2)N1c1ccccc1. The third kappa shape index (κ3) is 6.16. The minimum Gasteiger partial charge on any atom is -0.377 e. The number of carbonyl (C=O) groups is 1. The Kier molecular flexibility index (Phi) is 8.02. The van der Waals surface area contributed by atoms with Crippen LogP contribution in [0.1, 0.15) is 5.56 Å². The van der Waals surface area contributed by atoms with E-state index in [2.05, 4.69) is 4.99 Å². The number of nitrogens with zero attached hydrogens (tertiary/aromatic N) is 2. The zero-order valence-corrected chi connectivity index (χ0v) is 23.7. The van der Waals surface area contributed by atoms with Crippen LogP contribution in [0.4, 0.5) is 11.4 Å². The van der Waals surface area contributed by atoms with Crippen LogP contribution in [-0.4, -0.2) is 19.5 Å². The van der Waals surface area contributed by atoms with E-state index in [-0.39, 0.29) is 37.1 Å². The molecule has 0 spiro atoms. The minimum atomic E-state index is -4.28. The molecule has 0 N–H and O–H groups in total. The third-order valence-electron chi connectivity index (χ3n) is 5.42. The fourth-order valence-electron chi connectivity index (χ4n) is 3.64. The van der Waals surface area contributed by atoms with Crippen LogP contribution in [0.2, 0.25) is 15.1 Å². The Hall–Kier alpha value is -3.27. The van der Waals surface area contributed by atoms with Crippen molar-refractivity contribution >= 4 is 85.2 Å². The van der Waals surface area contributed by atoms with Gasteiger partial charge in [0.1, 0.15) is 4.90 Å². The molecule has 0 bridgehead atoms. The molecule has 0 radical (unpaired) electrons. The molecule has 1 amide bonds. The first-order chi connectivity index (χ1) is 18.7. The second-order valence-corrected chi connectivity index (χ2v) is 11.9. The molecule has 1 heterocycles. The van der Waals surface area contributed by atoms with Crippen LogP contribution in [0.25, 0.3) is 6.08 Å². The average Bonchev–Trinajstić information content (AvgIpc) is 3.21. The maximum atomic E-state index is 13.6. The van der Waals surface area contributed by atoms with E-state index >= 15 is 0 Å². The van der Waals surface area contributed by atoms with E-state index in [1.165, 1.54) is 47.4 Å². The van der Waals surface area contributed by atoms with Crippen LogP contribution in [0.5, 0.6) is 5.75 Å². The van der Waals surface area contributed by atoms with Gasteiger partial charge in [-0.1, -0.05) is 71.2 Å². The molecule has 0 atom stereocenters. The van der Waals surface area contributed by atoms with Crippen molar-refractivity contribution in [1.82, 2.24) is 0 Å². The lowest BCUT2D eigenvalue weighted by Gasteiger charge is -2.15. The van der Waals surface area contributed by atoms with E-state index in [4.69, 9.17) is 39.0 Å². The summed E-state index contributed by atoms with van der Waals surface area (Å²) >= 11 is 19.7. The second-order valence-electron chi connectivity index (χ2n) is 8.11. The summed E-state index contributed by atoms with van der Waals surface area (Å²) in [5, 5.41) is 0.988. The fraction of sp³-hybridized carbons (Fsp3) is 0. The molecule has 196 valence electrons. The van der Waals surface area contributed by atoms with Crippen LogP contribution in [0, 0.1) is 0 Å². The molecule has 39 heavy (non-hydrogen) atoms. The van der Waals surface area contributed by atoms with Gasteiger partial charge in [0.25, 0.3) is 5.91 Å². The summed E-state index contributed by atoms with van der Waals surface area (Å²) in [6, 6.07) is 26.6. The molecule has 1 aliphatic rings. The van der Waals surface area contributed by atoms with Crippen molar-refractivity contribution in [2.45, 2.75) is 4.90 Å². The molecule has 1 fully saturated rings. The molecule has 5 rings (SSSR count). The number of carbonyl (C=O) groups excluding carboxylic acids is 1. The molecule has 4 aromatic rings. The summed E-state index contributed by atoms with van der Waals surface area (Å²) in [5.41, 5.74) is 1.49. The van der Waals surface area contributed by atoms with Gasteiger partial charge >= 0.3 is 10.1 Å². The van der Waals surface area contributed by atoms with Crippen LogP contribution in [0.3, 0.4) is 0 Å². The predicted molar refractivity (Wildman–Crippen MR) is 159 cm³/mol. The van der Waals surface area contributed by atoms with Gasteiger partial charge < -0.3 is 4.18 Å². The van der Waals surface area contributed by atoms with Crippen molar-refractivity contribution in [3.63, 3.8) is 0 Å². The lowest BCUT2D eigenvalue weighted by Crippen LogP contribution is -2.28. The molecule has 1 saturated heterocycles. The van der Waals surface area contributed by atoms with Crippen molar-refractivity contribution in [3.05, 3.63) is 123 Å². The van der Waals surface area contributed by atoms with E-state index in [0.29, 0.717) is 21.6 Å². The summed E-state index contributed by atoms with van der Waals surface area (Å²) in [4.78, 5) is 20.0. The van der Waals surface area contributed by atoms with Crippen molar-refractivity contribution in [2.75, 3.05) is 4.90 Å². The smallest absolute Gasteiger partial charge is 0.339 e. The van der Waals surface area contributed by atoms with E-state index in [1.54, 1.807) is 12.1 Å². The summed E-state index contributed by atoms with van der Waals surface area (Å²) in [7, 11) is -4.28. The van der Waals surface area contributed by atoms with Gasteiger partial charge in [0.15, 0.2) is 10.9 Å². The number of anilines is 1. The van der Waals surface area contributed by atoms with E-state index in [9.17, 15) is 13.2 Å². The summed E-state index contributed by atoms with van der Waals surface area (Å²) in [5.74, 6) is -0.528. The number of aliphatic imine (C=N–C) groups is 1. The predicted octanol–water partition coefficient (Wildman–Crippen LogP) is 8.22. The highest BCUT2D eigenvalue weighted by Gasteiger charge is 2.35. The number of thioether (sulfide) groups is 1. The average molecular weight is 616 g/mol. The third-order valence-corrected chi connectivity index (χ3v) is 8.38. The Morgan fingerprint density at radius 1 is 0.821 bits per heavy atom. The van der Waals surface area contributed by atoms with E-state index in [0.717, 1.165) is 11.8 Å². The molecule has 11 heteroatoms. The van der Waals surface area contributed by atoms with Crippen molar-refractivity contribution in [1.29, 1.82) is 0 Å². The van der Waals surface area contributed by atoms with Gasteiger partial charge in [-0.3, -0.25) is 9.69 Å². The number of hydrogen-bond donors (Lipinski definition) is 0. The highest BCUT2D eigenvalue weighted by molar-refractivity contribution is 8.19. The lowest BCUT2D eigenvalue weighted by atomic mass is 10.2. The van der Waals surface area contributed by atoms with Gasteiger partial charge in [0.2, 0.25) is 0 Å². The monoisotopic (exact) mass is 614 g/mol. The quantitative estimate of drug-likeness (QED) is 0.161. The Bertz CT molecular complexity index is 1710. The Morgan fingerprint density at radius 2 is 1.46 bits per heavy atom. The summed E-state index contributed by atoms with van der Waals surface area (Å²) < 4.78 is 31.5. The lowest BCUT2D eigenvalue weighted by molar-refractivity contribution is -0.113. The number of para-hydroxylation sites is 2. The maximum absolute atomic E-state index is 13.6.